The molecule has 2 aromatic rings. The number of hydrogen-bond donors (Lipinski definition) is 1. The monoisotopic (exact) mass is 313 g/mol. The highest BCUT2D eigenvalue weighted by Gasteiger charge is 2.12. The highest BCUT2D eigenvalue weighted by atomic mass is 35.5. The Labute approximate surface area is 132 Å². The number of carbonyl (C=O) groups excluding carboxylic acids is 1. The van der Waals surface area contributed by atoms with Gasteiger partial charge in [0.25, 0.3) is 0 Å². The molecule has 5 heteroatoms. The van der Waals surface area contributed by atoms with E-state index in [1.54, 1.807) is 36.4 Å². The lowest BCUT2D eigenvalue weighted by molar-refractivity contribution is 0.104. The van der Waals surface area contributed by atoms with Crippen LogP contribution in [0.3, 0.4) is 0 Å². The number of hydrogen-bond acceptors (Lipinski definition) is 4. The van der Waals surface area contributed by atoms with Gasteiger partial charge in [0.15, 0.2) is 11.5 Å². The Hall–Kier alpha value is -2.77. The van der Waals surface area contributed by atoms with E-state index in [2.05, 4.69) is 0 Å². The van der Waals surface area contributed by atoms with E-state index in [0.717, 1.165) is 0 Å². The number of phenolic OH excluding ortho intramolecular Hbond substituents is 1. The molecule has 2 aromatic carbocycles. The Morgan fingerprint density at radius 2 is 1.95 bits per heavy atom. The third kappa shape index (κ3) is 3.46. The predicted octanol–water partition coefficient (Wildman–Crippen LogP) is 3.84. The molecule has 0 saturated carbocycles. The number of aromatic hydroxyl groups is 1. The zero-order valence-electron chi connectivity index (χ0n) is 11.7. The first-order valence-corrected chi connectivity index (χ1v) is 6.72. The first-order valence-electron chi connectivity index (χ1n) is 6.34. The van der Waals surface area contributed by atoms with Gasteiger partial charge in [0.1, 0.15) is 11.6 Å². The number of Topliss-reactive ketones (excluding diaryl/α,β-unsaturated/α-hetero) is 1. The third-order valence-electron chi connectivity index (χ3n) is 2.99. The summed E-state index contributed by atoms with van der Waals surface area (Å²) in [6, 6.07) is 12.8. The maximum absolute atomic E-state index is 12.3. The molecule has 0 bridgehead atoms. The van der Waals surface area contributed by atoms with E-state index in [-0.39, 0.29) is 17.1 Å². The smallest absolute Gasteiger partial charge is 0.203 e. The molecule has 0 aliphatic rings. The van der Waals surface area contributed by atoms with Gasteiger partial charge in [-0.3, -0.25) is 4.79 Å². The summed E-state index contributed by atoms with van der Waals surface area (Å²) < 4.78 is 5.00. The van der Waals surface area contributed by atoms with Crippen molar-refractivity contribution >= 4 is 23.5 Å². The molecule has 0 aliphatic heterocycles. The van der Waals surface area contributed by atoms with Crippen LogP contribution >= 0.6 is 11.6 Å². The van der Waals surface area contributed by atoms with Crippen LogP contribution in [0.15, 0.2) is 48.0 Å². The predicted molar refractivity (Wildman–Crippen MR) is 84.0 cm³/mol. The fraction of sp³-hybridized carbons (Fsp3) is 0.0588. The lowest BCUT2D eigenvalue weighted by Crippen LogP contribution is -2.01. The highest BCUT2D eigenvalue weighted by Crippen LogP contribution is 2.27. The first-order chi connectivity index (χ1) is 10.5. The summed E-state index contributed by atoms with van der Waals surface area (Å²) in [6.45, 7) is 0. The first kappa shape index (κ1) is 15.6. The van der Waals surface area contributed by atoms with E-state index in [4.69, 9.17) is 16.3 Å². The van der Waals surface area contributed by atoms with Gasteiger partial charge in [-0.2, -0.15) is 5.26 Å². The van der Waals surface area contributed by atoms with E-state index in [0.29, 0.717) is 16.1 Å². The van der Waals surface area contributed by atoms with E-state index >= 15 is 0 Å². The van der Waals surface area contributed by atoms with Gasteiger partial charge in [0.2, 0.25) is 5.78 Å². The van der Waals surface area contributed by atoms with Crippen LogP contribution in [-0.2, 0) is 0 Å². The van der Waals surface area contributed by atoms with Gasteiger partial charge in [-0.25, -0.2) is 0 Å². The quantitative estimate of drug-likeness (QED) is 0.529. The van der Waals surface area contributed by atoms with Gasteiger partial charge < -0.3 is 9.84 Å². The number of halogens is 1. The molecule has 1 N–H and O–H groups in total. The molecule has 0 amide bonds. The molecule has 0 aliphatic carbocycles. The number of ketones is 1. The molecule has 110 valence electrons. The summed E-state index contributed by atoms with van der Waals surface area (Å²) in [4.78, 5) is 12.3. The second kappa shape index (κ2) is 6.79. The Morgan fingerprint density at radius 3 is 2.55 bits per heavy atom. The molecule has 0 saturated heterocycles. The van der Waals surface area contributed by atoms with Crippen LogP contribution in [0, 0.1) is 11.3 Å². The second-order valence-corrected chi connectivity index (χ2v) is 4.87. The van der Waals surface area contributed by atoms with Crippen LogP contribution in [0.25, 0.3) is 6.08 Å². The van der Waals surface area contributed by atoms with Crippen molar-refractivity contribution in [3.63, 3.8) is 0 Å². The van der Waals surface area contributed by atoms with Crippen molar-refractivity contribution in [2.45, 2.75) is 0 Å². The van der Waals surface area contributed by atoms with Crippen molar-refractivity contribution in [2.75, 3.05) is 7.11 Å². The molecular formula is C17H12ClNO3. The average molecular weight is 314 g/mol. The Morgan fingerprint density at radius 1 is 1.27 bits per heavy atom. The van der Waals surface area contributed by atoms with Crippen molar-refractivity contribution in [3.8, 4) is 17.6 Å². The maximum Gasteiger partial charge on any atom is 0.203 e. The van der Waals surface area contributed by atoms with Crippen molar-refractivity contribution in [3.05, 3.63) is 64.2 Å². The lowest BCUT2D eigenvalue weighted by Gasteiger charge is -2.04. The minimum atomic E-state index is -0.397. The number of phenols is 1. The van der Waals surface area contributed by atoms with Gasteiger partial charge >= 0.3 is 0 Å². The van der Waals surface area contributed by atoms with Crippen LogP contribution in [-0.4, -0.2) is 18.0 Å². The molecule has 0 fully saturated rings. The van der Waals surface area contributed by atoms with Crippen LogP contribution in [0.1, 0.15) is 15.9 Å². The van der Waals surface area contributed by atoms with E-state index in [1.165, 1.54) is 19.3 Å². The highest BCUT2D eigenvalue weighted by molar-refractivity contribution is 6.30. The third-order valence-corrected chi connectivity index (χ3v) is 3.24. The molecule has 0 spiro atoms. The van der Waals surface area contributed by atoms with E-state index in [1.807, 2.05) is 6.07 Å². The van der Waals surface area contributed by atoms with E-state index in [9.17, 15) is 15.2 Å². The Balaban J connectivity index is 2.37. The van der Waals surface area contributed by atoms with Crippen molar-refractivity contribution < 1.29 is 14.6 Å². The van der Waals surface area contributed by atoms with Gasteiger partial charge in [-0.1, -0.05) is 17.7 Å². The maximum atomic E-state index is 12.3. The molecule has 0 atom stereocenters. The normalized spacial score (nSPS) is 10.9. The molecule has 0 unspecified atom stereocenters. The number of methoxy groups -OCH3 is 1. The number of allylic oxidation sites excluding steroid dienone is 1. The summed E-state index contributed by atoms with van der Waals surface area (Å²) in [6.07, 6.45) is 1.44. The fourth-order valence-electron chi connectivity index (χ4n) is 1.86. The van der Waals surface area contributed by atoms with Crippen LogP contribution < -0.4 is 4.74 Å². The summed E-state index contributed by atoms with van der Waals surface area (Å²) in [5.41, 5.74) is 0.937. The average Bonchev–Trinajstić information content (AvgIpc) is 2.54. The van der Waals surface area contributed by atoms with E-state index < -0.39 is 5.78 Å². The summed E-state index contributed by atoms with van der Waals surface area (Å²) in [5.74, 6) is -0.140. The summed E-state index contributed by atoms with van der Waals surface area (Å²) in [5, 5.41) is 19.3. The SMILES string of the molecule is COc1cc(/C=C(\C#N)C(=O)c2ccc(Cl)cc2)ccc1O. The minimum absolute atomic E-state index is 0.0119. The summed E-state index contributed by atoms with van der Waals surface area (Å²) >= 11 is 5.78. The Kier molecular flexibility index (Phi) is 4.82. The van der Waals surface area contributed by atoms with Crippen molar-refractivity contribution in [1.82, 2.24) is 0 Å². The van der Waals surface area contributed by atoms with Gasteiger partial charge in [0, 0.05) is 10.6 Å². The number of nitriles is 1. The number of carbonyl (C=O) groups is 1. The second-order valence-electron chi connectivity index (χ2n) is 4.44. The molecule has 0 heterocycles. The molecular weight excluding hydrogens is 302 g/mol. The van der Waals surface area contributed by atoms with Gasteiger partial charge in [0.05, 0.1) is 7.11 Å². The minimum Gasteiger partial charge on any atom is -0.504 e. The molecule has 0 radical (unpaired) electrons. The Bertz CT molecular complexity index is 773. The standard InChI is InChI=1S/C17H12ClNO3/c1-22-16-9-11(2-7-15(16)20)8-13(10-19)17(21)12-3-5-14(18)6-4-12/h2-9,20H,1H3/b13-8+. The number of rotatable bonds is 4. The number of nitrogens with zero attached hydrogens (tertiary/aromatic N) is 1. The number of ether oxygens (including phenoxy) is 1. The molecule has 4 nitrogen and oxygen atoms in total. The van der Waals surface area contributed by atoms with Gasteiger partial charge in [-0.15, -0.1) is 0 Å². The van der Waals surface area contributed by atoms with Crippen molar-refractivity contribution in [2.24, 2.45) is 0 Å². The summed E-state index contributed by atoms with van der Waals surface area (Å²) in [7, 11) is 1.42. The topological polar surface area (TPSA) is 70.3 Å². The number of benzene rings is 2. The van der Waals surface area contributed by atoms with Crippen molar-refractivity contribution in [1.29, 1.82) is 5.26 Å². The molecule has 0 aromatic heterocycles. The molecule has 22 heavy (non-hydrogen) atoms. The zero-order valence-corrected chi connectivity index (χ0v) is 12.5. The van der Waals surface area contributed by atoms with Gasteiger partial charge in [-0.05, 0) is 48.0 Å². The van der Waals surface area contributed by atoms with Crippen LogP contribution in [0.5, 0.6) is 11.5 Å². The fourth-order valence-corrected chi connectivity index (χ4v) is 1.98. The zero-order chi connectivity index (χ0) is 16.1. The molecule has 2 rings (SSSR count). The van der Waals surface area contributed by atoms with Crippen LogP contribution in [0.2, 0.25) is 5.02 Å². The largest absolute Gasteiger partial charge is 0.504 e. The lowest BCUT2D eigenvalue weighted by atomic mass is 10.0. The van der Waals surface area contributed by atoms with Crippen LogP contribution in [0.4, 0.5) is 0 Å².